The summed E-state index contributed by atoms with van der Waals surface area (Å²) in [5.41, 5.74) is 0. The van der Waals surface area contributed by atoms with Gasteiger partial charge in [0.15, 0.2) is 0 Å². The normalized spacial score (nSPS) is 16.4. The van der Waals surface area contributed by atoms with Crippen LogP contribution >= 0.6 is 0 Å². The number of hydrogen-bond acceptors (Lipinski definition) is 5. The third kappa shape index (κ3) is 8.82. The van der Waals surface area contributed by atoms with Crippen molar-refractivity contribution in [1.82, 2.24) is 21.3 Å². The first-order valence-electron chi connectivity index (χ1n) is 10.2. The van der Waals surface area contributed by atoms with E-state index in [0.717, 1.165) is 19.1 Å². The van der Waals surface area contributed by atoms with E-state index in [9.17, 15) is 19.2 Å². The molecule has 0 aromatic heterocycles. The Morgan fingerprint density at radius 2 is 1.39 bits per heavy atom. The lowest BCUT2D eigenvalue weighted by atomic mass is 9.95. The van der Waals surface area contributed by atoms with Crippen LogP contribution in [-0.4, -0.2) is 55.7 Å². The predicted molar refractivity (Wildman–Crippen MR) is 110 cm³/mol. The Labute approximate surface area is 169 Å². The fourth-order valence-electron chi connectivity index (χ4n) is 2.74. The molecule has 0 spiro atoms. The van der Waals surface area contributed by atoms with Gasteiger partial charge >= 0.3 is 0 Å². The maximum absolute atomic E-state index is 12.9. The molecular formula is C20H38N4O4. The van der Waals surface area contributed by atoms with E-state index < -0.39 is 18.1 Å². The van der Waals surface area contributed by atoms with Crippen LogP contribution in [0.2, 0.25) is 0 Å². The van der Waals surface area contributed by atoms with Crippen molar-refractivity contribution in [3.05, 3.63) is 0 Å². The minimum Gasteiger partial charge on any atom is -0.357 e. The highest BCUT2D eigenvalue weighted by Crippen LogP contribution is 2.11. The minimum absolute atomic E-state index is 0.0183. The molecule has 0 heterocycles. The average Bonchev–Trinajstić information content (AvgIpc) is 2.68. The molecule has 28 heavy (non-hydrogen) atoms. The first-order valence-corrected chi connectivity index (χ1v) is 10.2. The summed E-state index contributed by atoms with van der Waals surface area (Å²) in [6, 6.07) is -1.79. The van der Waals surface area contributed by atoms with Crippen LogP contribution in [-0.2, 0) is 19.2 Å². The molecule has 8 nitrogen and oxygen atoms in total. The van der Waals surface area contributed by atoms with Crippen LogP contribution in [0.4, 0.5) is 0 Å². The van der Waals surface area contributed by atoms with Crippen molar-refractivity contribution in [1.29, 1.82) is 0 Å². The lowest BCUT2D eigenvalue weighted by molar-refractivity contribution is -0.132. The highest BCUT2D eigenvalue weighted by Gasteiger charge is 2.31. The number of hydrogen-bond donors (Lipinski definition) is 4. The highest BCUT2D eigenvalue weighted by molar-refractivity contribution is 5.91. The molecule has 0 radical (unpaired) electrons. The van der Waals surface area contributed by atoms with E-state index >= 15 is 0 Å². The first-order chi connectivity index (χ1) is 13.2. The van der Waals surface area contributed by atoms with Crippen molar-refractivity contribution in [2.24, 2.45) is 17.8 Å². The molecule has 0 aromatic rings. The second kappa shape index (κ2) is 14.1. The van der Waals surface area contributed by atoms with Gasteiger partial charge in [-0.3, -0.25) is 14.4 Å². The van der Waals surface area contributed by atoms with Gasteiger partial charge in [-0.15, -0.1) is 0 Å². The van der Waals surface area contributed by atoms with Crippen molar-refractivity contribution < 1.29 is 19.2 Å². The number of aldehydes is 1. The van der Waals surface area contributed by atoms with Gasteiger partial charge in [0.2, 0.25) is 18.2 Å². The fraction of sp³-hybridized carbons (Fsp3) is 0.800. The summed E-state index contributed by atoms with van der Waals surface area (Å²) in [7, 11) is 0. The fourth-order valence-corrected chi connectivity index (χ4v) is 2.74. The predicted octanol–water partition coefficient (Wildman–Crippen LogP) is 0.607. The van der Waals surface area contributed by atoms with Gasteiger partial charge in [0.1, 0.15) is 12.3 Å². The van der Waals surface area contributed by atoms with E-state index in [2.05, 4.69) is 21.3 Å². The number of carbonyl (C=O) groups excluding carboxylic acids is 4. The van der Waals surface area contributed by atoms with E-state index in [4.69, 9.17) is 0 Å². The number of carbonyl (C=O) groups is 4. The average molecular weight is 399 g/mol. The van der Waals surface area contributed by atoms with Crippen LogP contribution in [0.5, 0.6) is 0 Å². The molecule has 3 amide bonds. The molecule has 0 bridgehead atoms. The summed E-state index contributed by atoms with van der Waals surface area (Å²) < 4.78 is 0. The summed E-state index contributed by atoms with van der Waals surface area (Å²) in [5.74, 6) is -0.686. The summed E-state index contributed by atoms with van der Waals surface area (Å²) >= 11 is 0. The van der Waals surface area contributed by atoms with Crippen molar-refractivity contribution >= 4 is 24.5 Å². The van der Waals surface area contributed by atoms with Crippen molar-refractivity contribution in [3.63, 3.8) is 0 Å². The Morgan fingerprint density at radius 1 is 0.821 bits per heavy atom. The highest BCUT2D eigenvalue weighted by atomic mass is 16.2. The molecule has 5 unspecified atom stereocenters. The van der Waals surface area contributed by atoms with E-state index in [1.807, 2.05) is 41.5 Å². The van der Waals surface area contributed by atoms with E-state index in [1.165, 1.54) is 0 Å². The topological polar surface area (TPSA) is 116 Å². The standard InChI is InChI=1S/C20H38N4O4/c1-7-14(5)16(11-25)23-19(27)17(13(3)4)24-20(28)18(15(6)8-2)22-10-9-21-12-26/h11-18,22H,7-10H2,1-6H3,(H,21,26)(H,23,27)(H,24,28). The van der Waals surface area contributed by atoms with Gasteiger partial charge in [-0.25, -0.2) is 0 Å². The van der Waals surface area contributed by atoms with Gasteiger partial charge in [0.25, 0.3) is 0 Å². The molecule has 0 aliphatic carbocycles. The maximum Gasteiger partial charge on any atom is 0.243 e. The van der Waals surface area contributed by atoms with Gasteiger partial charge in [-0.1, -0.05) is 54.4 Å². The molecule has 162 valence electrons. The first kappa shape index (κ1) is 26.0. The van der Waals surface area contributed by atoms with Crippen molar-refractivity contribution in [3.8, 4) is 0 Å². The molecule has 0 aromatic carbocycles. The molecule has 0 saturated carbocycles. The van der Waals surface area contributed by atoms with E-state index in [-0.39, 0.29) is 29.6 Å². The van der Waals surface area contributed by atoms with Gasteiger partial charge in [0, 0.05) is 13.1 Å². The number of amides is 3. The SMILES string of the molecule is CCC(C)C(C=O)NC(=O)C(NC(=O)C(NCCNC=O)C(C)CC)C(C)C. The summed E-state index contributed by atoms with van der Waals surface area (Å²) in [4.78, 5) is 47.3. The van der Waals surface area contributed by atoms with E-state index in [0.29, 0.717) is 19.5 Å². The quantitative estimate of drug-likeness (QED) is 0.238. The smallest absolute Gasteiger partial charge is 0.243 e. The van der Waals surface area contributed by atoms with Crippen molar-refractivity contribution in [2.45, 2.75) is 72.5 Å². The number of rotatable bonds is 15. The second-order valence-electron chi connectivity index (χ2n) is 7.68. The van der Waals surface area contributed by atoms with E-state index in [1.54, 1.807) is 0 Å². The minimum atomic E-state index is -0.736. The Kier molecular flexibility index (Phi) is 13.1. The lowest BCUT2D eigenvalue weighted by Crippen LogP contribution is -2.58. The second-order valence-corrected chi connectivity index (χ2v) is 7.68. The monoisotopic (exact) mass is 398 g/mol. The van der Waals surface area contributed by atoms with Crippen LogP contribution in [0.1, 0.15) is 54.4 Å². The Bertz CT molecular complexity index is 499. The van der Waals surface area contributed by atoms with Crippen LogP contribution in [0.15, 0.2) is 0 Å². The van der Waals surface area contributed by atoms with Crippen LogP contribution < -0.4 is 21.3 Å². The largest absolute Gasteiger partial charge is 0.357 e. The Morgan fingerprint density at radius 3 is 1.86 bits per heavy atom. The zero-order valence-electron chi connectivity index (χ0n) is 18.1. The molecule has 0 saturated heterocycles. The Balaban J connectivity index is 5.14. The molecule has 0 rings (SSSR count). The zero-order valence-corrected chi connectivity index (χ0v) is 18.1. The summed E-state index contributed by atoms with van der Waals surface area (Å²) in [6.07, 6.45) is 2.90. The van der Waals surface area contributed by atoms with Gasteiger partial charge in [-0.2, -0.15) is 0 Å². The van der Waals surface area contributed by atoms with Gasteiger partial charge < -0.3 is 26.1 Å². The lowest BCUT2D eigenvalue weighted by Gasteiger charge is -2.29. The van der Waals surface area contributed by atoms with Crippen LogP contribution in [0.3, 0.4) is 0 Å². The third-order valence-electron chi connectivity index (χ3n) is 5.17. The van der Waals surface area contributed by atoms with Gasteiger partial charge in [0.05, 0.1) is 12.1 Å². The molecule has 0 fully saturated rings. The summed E-state index contributed by atoms with van der Waals surface area (Å²) in [6.45, 7) is 12.4. The van der Waals surface area contributed by atoms with Crippen molar-refractivity contribution in [2.75, 3.05) is 13.1 Å². The molecule has 5 atom stereocenters. The zero-order chi connectivity index (χ0) is 21.7. The summed E-state index contributed by atoms with van der Waals surface area (Å²) in [5, 5.41) is 11.3. The van der Waals surface area contributed by atoms with Crippen LogP contribution in [0.25, 0.3) is 0 Å². The maximum atomic E-state index is 12.9. The van der Waals surface area contributed by atoms with Gasteiger partial charge in [-0.05, 0) is 17.8 Å². The molecule has 8 heteroatoms. The molecule has 4 N–H and O–H groups in total. The third-order valence-corrected chi connectivity index (χ3v) is 5.17. The number of nitrogens with one attached hydrogen (secondary N) is 4. The molecule has 0 aliphatic heterocycles. The van der Waals surface area contributed by atoms with Crippen LogP contribution in [0, 0.1) is 17.8 Å². The Hall–Kier alpha value is -1.96. The molecular weight excluding hydrogens is 360 g/mol. The molecule has 0 aliphatic rings.